The van der Waals surface area contributed by atoms with Crippen LogP contribution >= 0.6 is 0 Å². The molecular formula is C19H21NO4. The van der Waals surface area contributed by atoms with Gasteiger partial charge in [-0.15, -0.1) is 0 Å². The van der Waals surface area contributed by atoms with Crippen molar-refractivity contribution in [1.29, 1.82) is 0 Å². The normalized spacial score (nSPS) is 11.0. The predicted octanol–water partition coefficient (Wildman–Crippen LogP) is 4.71. The highest BCUT2D eigenvalue weighted by molar-refractivity contribution is 5.89. The number of hydrogen-bond donors (Lipinski definition) is 2. The van der Waals surface area contributed by atoms with Gasteiger partial charge in [0.15, 0.2) is 0 Å². The maximum Gasteiger partial charge on any atom is 0.412 e. The minimum absolute atomic E-state index is 0.236. The van der Waals surface area contributed by atoms with Crippen LogP contribution in [-0.2, 0) is 4.74 Å². The summed E-state index contributed by atoms with van der Waals surface area (Å²) in [5.41, 5.74) is 3.11. The SMILES string of the molecule is Cc1ccc(NC(=O)OC(C)(C)C)cc1-c1ccc(C(=O)O)cc1. The Labute approximate surface area is 141 Å². The molecule has 2 rings (SSSR count). The molecule has 0 unspecified atom stereocenters. The fraction of sp³-hybridized carbons (Fsp3) is 0.263. The summed E-state index contributed by atoms with van der Waals surface area (Å²) in [5, 5.41) is 11.7. The van der Waals surface area contributed by atoms with Gasteiger partial charge >= 0.3 is 12.1 Å². The van der Waals surface area contributed by atoms with Crippen molar-refractivity contribution in [2.45, 2.75) is 33.3 Å². The first-order valence-electron chi connectivity index (χ1n) is 7.60. The number of aromatic carboxylic acids is 1. The van der Waals surface area contributed by atoms with E-state index in [-0.39, 0.29) is 5.56 Å². The average molecular weight is 327 g/mol. The molecule has 126 valence electrons. The zero-order chi connectivity index (χ0) is 17.9. The quantitative estimate of drug-likeness (QED) is 0.856. The standard InChI is InChI=1S/C19H21NO4/c1-12-5-10-15(20-18(23)24-19(2,3)4)11-16(12)13-6-8-14(9-7-13)17(21)22/h5-11H,1-4H3,(H,20,23)(H,21,22). The molecular weight excluding hydrogens is 306 g/mol. The fourth-order valence-corrected chi connectivity index (χ4v) is 2.22. The molecule has 0 fully saturated rings. The molecule has 0 saturated carbocycles. The highest BCUT2D eigenvalue weighted by atomic mass is 16.6. The summed E-state index contributed by atoms with van der Waals surface area (Å²) in [6.07, 6.45) is -0.515. The highest BCUT2D eigenvalue weighted by Gasteiger charge is 2.16. The van der Waals surface area contributed by atoms with E-state index < -0.39 is 17.7 Å². The maximum atomic E-state index is 11.9. The average Bonchev–Trinajstić information content (AvgIpc) is 2.47. The molecule has 0 atom stereocenters. The molecule has 0 aliphatic heterocycles. The first-order chi connectivity index (χ1) is 11.2. The summed E-state index contributed by atoms with van der Waals surface area (Å²) < 4.78 is 5.24. The number of amides is 1. The molecule has 0 saturated heterocycles. The van der Waals surface area contributed by atoms with Gasteiger partial charge in [0.25, 0.3) is 0 Å². The van der Waals surface area contributed by atoms with Crippen LogP contribution in [0.25, 0.3) is 11.1 Å². The lowest BCUT2D eigenvalue weighted by atomic mass is 9.99. The van der Waals surface area contributed by atoms with Crippen LogP contribution in [0.3, 0.4) is 0 Å². The van der Waals surface area contributed by atoms with Crippen molar-refractivity contribution in [2.75, 3.05) is 5.32 Å². The largest absolute Gasteiger partial charge is 0.478 e. The van der Waals surface area contributed by atoms with E-state index >= 15 is 0 Å². The van der Waals surface area contributed by atoms with Gasteiger partial charge in [0.2, 0.25) is 0 Å². The van der Waals surface area contributed by atoms with Crippen molar-refractivity contribution in [1.82, 2.24) is 0 Å². The Kier molecular flexibility index (Phi) is 4.93. The van der Waals surface area contributed by atoms with Gasteiger partial charge in [0.1, 0.15) is 5.60 Å². The summed E-state index contributed by atoms with van der Waals surface area (Å²) in [7, 11) is 0. The van der Waals surface area contributed by atoms with E-state index in [1.165, 1.54) is 0 Å². The van der Waals surface area contributed by atoms with Crippen LogP contribution in [0, 0.1) is 6.92 Å². The molecule has 2 N–H and O–H groups in total. The van der Waals surface area contributed by atoms with Gasteiger partial charge in [-0.1, -0.05) is 18.2 Å². The van der Waals surface area contributed by atoms with E-state index in [2.05, 4.69) is 5.32 Å². The first kappa shape index (κ1) is 17.5. The van der Waals surface area contributed by atoms with Crippen molar-refractivity contribution in [3.63, 3.8) is 0 Å². The number of aryl methyl sites for hydroxylation is 1. The van der Waals surface area contributed by atoms with E-state index in [1.807, 2.05) is 19.1 Å². The monoisotopic (exact) mass is 327 g/mol. The molecule has 0 aromatic heterocycles. The van der Waals surface area contributed by atoms with Gasteiger partial charge in [0, 0.05) is 5.69 Å². The summed E-state index contributed by atoms with van der Waals surface area (Å²) in [5.74, 6) is -0.960. The third-order valence-electron chi connectivity index (χ3n) is 3.33. The smallest absolute Gasteiger partial charge is 0.412 e. The predicted molar refractivity (Wildman–Crippen MR) is 93.4 cm³/mol. The van der Waals surface area contributed by atoms with E-state index in [9.17, 15) is 9.59 Å². The molecule has 0 radical (unpaired) electrons. The Morgan fingerprint density at radius 3 is 2.21 bits per heavy atom. The van der Waals surface area contributed by atoms with Gasteiger partial charge in [-0.25, -0.2) is 9.59 Å². The number of carbonyl (C=O) groups excluding carboxylic acids is 1. The molecule has 0 aliphatic carbocycles. The van der Waals surface area contributed by atoms with Crippen LogP contribution in [0.5, 0.6) is 0 Å². The second kappa shape index (κ2) is 6.74. The van der Waals surface area contributed by atoms with Crippen LogP contribution < -0.4 is 5.32 Å². The molecule has 5 heteroatoms. The highest BCUT2D eigenvalue weighted by Crippen LogP contribution is 2.27. The Hall–Kier alpha value is -2.82. The molecule has 2 aromatic rings. The van der Waals surface area contributed by atoms with Gasteiger partial charge in [-0.2, -0.15) is 0 Å². The van der Waals surface area contributed by atoms with Crippen LogP contribution in [0.2, 0.25) is 0 Å². The Morgan fingerprint density at radius 1 is 1.04 bits per heavy atom. The van der Waals surface area contributed by atoms with Crippen molar-refractivity contribution < 1.29 is 19.4 Å². The summed E-state index contributed by atoms with van der Waals surface area (Å²) in [6, 6.07) is 12.2. The molecule has 0 spiro atoms. The van der Waals surface area contributed by atoms with Crippen molar-refractivity contribution in [2.24, 2.45) is 0 Å². The number of anilines is 1. The zero-order valence-corrected chi connectivity index (χ0v) is 14.2. The van der Waals surface area contributed by atoms with Crippen LogP contribution in [-0.4, -0.2) is 22.8 Å². The second-order valence-corrected chi connectivity index (χ2v) is 6.54. The third-order valence-corrected chi connectivity index (χ3v) is 3.33. The van der Waals surface area contributed by atoms with Crippen LogP contribution in [0.1, 0.15) is 36.7 Å². The van der Waals surface area contributed by atoms with Gasteiger partial charge < -0.3 is 9.84 Å². The molecule has 0 bridgehead atoms. The molecule has 24 heavy (non-hydrogen) atoms. The Morgan fingerprint density at radius 2 is 1.67 bits per heavy atom. The van der Waals surface area contributed by atoms with E-state index in [1.54, 1.807) is 51.1 Å². The van der Waals surface area contributed by atoms with Crippen LogP contribution in [0.15, 0.2) is 42.5 Å². The molecule has 2 aromatic carbocycles. The molecule has 5 nitrogen and oxygen atoms in total. The number of benzene rings is 2. The van der Waals surface area contributed by atoms with Gasteiger partial charge in [-0.05, 0) is 68.7 Å². The lowest BCUT2D eigenvalue weighted by molar-refractivity contribution is 0.0634. The maximum absolute atomic E-state index is 11.9. The van der Waals surface area contributed by atoms with E-state index in [4.69, 9.17) is 9.84 Å². The minimum Gasteiger partial charge on any atom is -0.478 e. The van der Waals surface area contributed by atoms with Crippen LogP contribution in [0.4, 0.5) is 10.5 Å². The van der Waals surface area contributed by atoms with Gasteiger partial charge in [-0.3, -0.25) is 5.32 Å². The molecule has 0 aliphatic rings. The van der Waals surface area contributed by atoms with E-state index in [0.717, 1.165) is 16.7 Å². The minimum atomic E-state index is -0.960. The van der Waals surface area contributed by atoms with Crippen molar-refractivity contribution in [3.05, 3.63) is 53.6 Å². The summed E-state index contributed by atoms with van der Waals surface area (Å²) in [6.45, 7) is 7.36. The Bertz CT molecular complexity index is 758. The lowest BCUT2D eigenvalue weighted by Gasteiger charge is -2.20. The Balaban J connectivity index is 2.25. The summed E-state index contributed by atoms with van der Waals surface area (Å²) in [4.78, 5) is 22.8. The van der Waals surface area contributed by atoms with E-state index in [0.29, 0.717) is 5.69 Å². The second-order valence-electron chi connectivity index (χ2n) is 6.54. The number of carboxylic acid groups (broad SMARTS) is 1. The number of carboxylic acids is 1. The van der Waals surface area contributed by atoms with Crippen molar-refractivity contribution >= 4 is 17.7 Å². The third kappa shape index (κ3) is 4.59. The van der Waals surface area contributed by atoms with Gasteiger partial charge in [0.05, 0.1) is 5.56 Å². The lowest BCUT2D eigenvalue weighted by Crippen LogP contribution is -2.27. The summed E-state index contributed by atoms with van der Waals surface area (Å²) >= 11 is 0. The number of ether oxygens (including phenoxy) is 1. The number of nitrogens with one attached hydrogen (secondary N) is 1. The fourth-order valence-electron chi connectivity index (χ4n) is 2.22. The van der Waals surface area contributed by atoms with Crippen molar-refractivity contribution in [3.8, 4) is 11.1 Å². The zero-order valence-electron chi connectivity index (χ0n) is 14.2. The molecule has 0 heterocycles. The molecule has 1 amide bonds. The number of carbonyl (C=O) groups is 2. The first-order valence-corrected chi connectivity index (χ1v) is 7.60. The topological polar surface area (TPSA) is 75.6 Å². The number of rotatable bonds is 3. The number of hydrogen-bond acceptors (Lipinski definition) is 3.